The lowest BCUT2D eigenvalue weighted by Crippen LogP contribution is -2.13. The number of hydrogen-bond donors (Lipinski definition) is 1. The van der Waals surface area contributed by atoms with E-state index in [1.165, 1.54) is 23.1 Å². The summed E-state index contributed by atoms with van der Waals surface area (Å²) < 4.78 is 11.5. The van der Waals surface area contributed by atoms with Crippen molar-refractivity contribution in [1.82, 2.24) is 10.2 Å². The third-order valence-corrected chi connectivity index (χ3v) is 6.36. The minimum Gasteiger partial charge on any atom is -0.497 e. The first-order valence-electron chi connectivity index (χ1n) is 8.94. The number of fused-ring (bicyclic) bond motifs is 1. The van der Waals surface area contributed by atoms with Crippen molar-refractivity contribution in [2.75, 3.05) is 12.4 Å². The molecule has 0 atom stereocenters. The normalized spacial score (nSPS) is 10.7. The molecule has 0 aliphatic heterocycles. The van der Waals surface area contributed by atoms with E-state index in [-0.39, 0.29) is 12.3 Å². The lowest BCUT2D eigenvalue weighted by Gasteiger charge is -2.01. The van der Waals surface area contributed by atoms with Gasteiger partial charge in [-0.3, -0.25) is 4.79 Å². The summed E-state index contributed by atoms with van der Waals surface area (Å²) in [6.07, 6.45) is 1.76. The summed E-state index contributed by atoms with van der Waals surface area (Å²) in [6.45, 7) is 0. The fourth-order valence-electron chi connectivity index (χ4n) is 2.80. The van der Waals surface area contributed by atoms with Gasteiger partial charge in [-0.05, 0) is 29.8 Å². The summed E-state index contributed by atoms with van der Waals surface area (Å²) >= 11 is 2.86. The zero-order valence-electron chi connectivity index (χ0n) is 15.9. The number of nitrogens with one attached hydrogen (secondary N) is 1. The molecule has 0 spiro atoms. The van der Waals surface area contributed by atoms with Crippen molar-refractivity contribution in [3.63, 3.8) is 0 Å². The van der Waals surface area contributed by atoms with E-state index in [4.69, 9.17) is 14.4 Å². The van der Waals surface area contributed by atoms with E-state index < -0.39 is 0 Å². The van der Waals surface area contributed by atoms with E-state index in [1.807, 2.05) is 24.3 Å². The molecule has 0 aliphatic carbocycles. The number of nitriles is 1. The Kier molecular flexibility index (Phi) is 5.97. The minimum absolute atomic E-state index is 0.173. The Morgan fingerprint density at radius 2 is 2.10 bits per heavy atom. The van der Waals surface area contributed by atoms with Gasteiger partial charge in [0.05, 0.1) is 31.4 Å². The van der Waals surface area contributed by atoms with Gasteiger partial charge in [-0.1, -0.05) is 35.2 Å². The molecule has 150 valence electrons. The third-order valence-electron chi connectivity index (χ3n) is 4.31. The highest BCUT2D eigenvalue weighted by atomic mass is 32.2. The van der Waals surface area contributed by atoms with E-state index in [9.17, 15) is 4.79 Å². The maximum Gasteiger partial charge on any atom is 0.230 e. The molecule has 2 aromatic carbocycles. The van der Waals surface area contributed by atoms with Gasteiger partial charge in [-0.25, -0.2) is 0 Å². The van der Waals surface area contributed by atoms with E-state index in [1.54, 1.807) is 31.6 Å². The Hall–Kier alpha value is -3.35. The molecule has 0 aliphatic rings. The number of nitrogens with zero attached hydrogens (tertiary/aromatic N) is 3. The molecule has 0 radical (unpaired) electrons. The first-order chi connectivity index (χ1) is 14.6. The molecule has 0 bridgehead atoms. The van der Waals surface area contributed by atoms with Crippen molar-refractivity contribution in [3.8, 4) is 11.8 Å². The number of carbonyl (C=O) groups is 1. The van der Waals surface area contributed by atoms with Crippen LogP contribution in [0.4, 0.5) is 5.13 Å². The van der Waals surface area contributed by atoms with Crippen LogP contribution in [-0.4, -0.2) is 23.2 Å². The summed E-state index contributed by atoms with van der Waals surface area (Å²) in [5.74, 6) is 1.22. The number of ether oxygens (including phenoxy) is 1. The van der Waals surface area contributed by atoms with Crippen LogP contribution in [0.2, 0.25) is 0 Å². The molecule has 0 saturated heterocycles. The number of hydrogen-bond acceptors (Lipinski definition) is 8. The Bertz CT molecular complexity index is 1230. The van der Waals surface area contributed by atoms with Gasteiger partial charge in [-0.2, -0.15) is 5.26 Å². The van der Waals surface area contributed by atoms with Crippen LogP contribution in [0.15, 0.2) is 57.5 Å². The Labute approximate surface area is 180 Å². The summed E-state index contributed by atoms with van der Waals surface area (Å²) in [4.78, 5) is 12.4. The van der Waals surface area contributed by atoms with Gasteiger partial charge in [-0.15, -0.1) is 10.2 Å². The molecule has 0 saturated carbocycles. The fraction of sp³-hybridized carbons (Fsp3) is 0.143. The van der Waals surface area contributed by atoms with Crippen molar-refractivity contribution in [2.45, 2.75) is 16.5 Å². The average Bonchev–Trinajstić information content (AvgIpc) is 3.39. The molecule has 1 amide bonds. The van der Waals surface area contributed by atoms with E-state index in [0.29, 0.717) is 27.8 Å². The quantitative estimate of drug-likeness (QED) is 0.333. The lowest BCUT2D eigenvalue weighted by atomic mass is 10.1. The number of rotatable bonds is 7. The topological polar surface area (TPSA) is 101 Å². The van der Waals surface area contributed by atoms with Crippen molar-refractivity contribution in [2.24, 2.45) is 0 Å². The highest BCUT2D eigenvalue weighted by molar-refractivity contribution is 8.00. The van der Waals surface area contributed by atoms with Crippen LogP contribution in [0.1, 0.15) is 16.7 Å². The molecule has 1 N–H and O–H groups in total. The SMILES string of the molecule is COc1ccc2c(CC(=O)Nc3nnc(SCc4ccc(C#N)cc4)s3)coc2c1. The molecule has 30 heavy (non-hydrogen) atoms. The van der Waals surface area contributed by atoms with Crippen LogP contribution >= 0.6 is 23.1 Å². The molecular weight excluding hydrogens is 420 g/mol. The van der Waals surface area contributed by atoms with Gasteiger partial charge < -0.3 is 14.5 Å². The number of aromatic nitrogens is 2. The van der Waals surface area contributed by atoms with Crippen LogP contribution in [0.3, 0.4) is 0 Å². The molecule has 2 aromatic heterocycles. The predicted molar refractivity (Wildman–Crippen MR) is 116 cm³/mol. The van der Waals surface area contributed by atoms with Gasteiger partial charge in [0.2, 0.25) is 11.0 Å². The average molecular weight is 437 g/mol. The maximum atomic E-state index is 12.4. The number of benzene rings is 2. The molecule has 0 fully saturated rings. The van der Waals surface area contributed by atoms with Crippen molar-refractivity contribution < 1.29 is 13.9 Å². The Balaban J connectivity index is 1.34. The van der Waals surface area contributed by atoms with Gasteiger partial charge in [0.25, 0.3) is 0 Å². The van der Waals surface area contributed by atoms with Crippen LogP contribution in [0.25, 0.3) is 11.0 Å². The number of methoxy groups -OCH3 is 1. The zero-order valence-corrected chi connectivity index (χ0v) is 17.5. The summed E-state index contributed by atoms with van der Waals surface area (Å²) in [6, 6.07) is 15.0. The number of furan rings is 1. The maximum absolute atomic E-state index is 12.4. The van der Waals surface area contributed by atoms with Gasteiger partial charge in [0.1, 0.15) is 11.3 Å². The minimum atomic E-state index is -0.187. The first kappa shape index (κ1) is 19.9. The highest BCUT2D eigenvalue weighted by Gasteiger charge is 2.13. The van der Waals surface area contributed by atoms with Crippen molar-refractivity contribution in [1.29, 1.82) is 5.26 Å². The van der Waals surface area contributed by atoms with Crippen LogP contribution in [0, 0.1) is 11.3 Å². The van der Waals surface area contributed by atoms with E-state index in [0.717, 1.165) is 20.9 Å². The number of anilines is 1. The third kappa shape index (κ3) is 4.62. The molecule has 7 nitrogen and oxygen atoms in total. The van der Waals surface area contributed by atoms with Crippen LogP contribution in [0.5, 0.6) is 5.75 Å². The van der Waals surface area contributed by atoms with Crippen molar-refractivity contribution >= 4 is 45.1 Å². The second-order valence-corrected chi connectivity index (χ2v) is 8.52. The standard InChI is InChI=1S/C21H16N4O3S2/c1-27-16-6-7-17-15(11-28-18(17)9-16)8-19(26)23-20-24-25-21(30-20)29-12-14-4-2-13(10-22)3-5-14/h2-7,9,11H,8,12H2,1H3,(H,23,24,26). The molecule has 4 rings (SSSR count). The first-order valence-corrected chi connectivity index (χ1v) is 10.7. The van der Waals surface area contributed by atoms with Crippen molar-refractivity contribution in [3.05, 3.63) is 65.4 Å². The van der Waals surface area contributed by atoms with E-state index >= 15 is 0 Å². The largest absolute Gasteiger partial charge is 0.497 e. The van der Waals surface area contributed by atoms with Gasteiger partial charge in [0.15, 0.2) is 4.34 Å². The van der Waals surface area contributed by atoms with Gasteiger partial charge in [0, 0.05) is 22.8 Å². The molecule has 9 heteroatoms. The Morgan fingerprint density at radius 1 is 1.27 bits per heavy atom. The summed E-state index contributed by atoms with van der Waals surface area (Å²) in [5.41, 5.74) is 3.19. The molecule has 4 aromatic rings. The highest BCUT2D eigenvalue weighted by Crippen LogP contribution is 2.29. The monoisotopic (exact) mass is 436 g/mol. The lowest BCUT2D eigenvalue weighted by molar-refractivity contribution is -0.115. The number of thioether (sulfide) groups is 1. The fourth-order valence-corrected chi connectivity index (χ4v) is 4.53. The van der Waals surface area contributed by atoms with Crippen LogP contribution in [-0.2, 0) is 17.0 Å². The number of amides is 1. The second kappa shape index (κ2) is 8.98. The summed E-state index contributed by atoms with van der Waals surface area (Å²) in [7, 11) is 1.59. The van der Waals surface area contributed by atoms with Gasteiger partial charge >= 0.3 is 0 Å². The number of carbonyl (C=O) groups excluding carboxylic acids is 1. The second-order valence-electron chi connectivity index (χ2n) is 6.32. The molecular formula is C21H16N4O3S2. The summed E-state index contributed by atoms with van der Waals surface area (Å²) in [5, 5.41) is 21.1. The van der Waals surface area contributed by atoms with E-state index in [2.05, 4.69) is 21.6 Å². The molecule has 0 unspecified atom stereocenters. The molecule has 2 heterocycles. The predicted octanol–water partition coefficient (Wildman–Crippen LogP) is 4.64. The smallest absolute Gasteiger partial charge is 0.230 e. The van der Waals surface area contributed by atoms with Crippen LogP contribution < -0.4 is 10.1 Å². The Morgan fingerprint density at radius 3 is 2.87 bits per heavy atom. The zero-order chi connectivity index (χ0) is 20.9.